The molecule has 1 amide bonds. The van der Waals surface area contributed by atoms with Crippen LogP contribution in [0.4, 0.5) is 5.69 Å². The van der Waals surface area contributed by atoms with Gasteiger partial charge in [-0.15, -0.1) is 0 Å². The summed E-state index contributed by atoms with van der Waals surface area (Å²) in [6.45, 7) is 9.37. The molecule has 1 heterocycles. The summed E-state index contributed by atoms with van der Waals surface area (Å²) in [6, 6.07) is 12.7. The van der Waals surface area contributed by atoms with Crippen molar-refractivity contribution in [2.75, 3.05) is 5.32 Å². The number of hydrogen-bond acceptors (Lipinski definition) is 4. The summed E-state index contributed by atoms with van der Waals surface area (Å²) in [5.41, 5.74) is 5.97. The van der Waals surface area contributed by atoms with Crippen molar-refractivity contribution in [2.45, 2.75) is 40.7 Å². The number of rotatable bonds is 5. The second-order valence-electron chi connectivity index (χ2n) is 7.29. The summed E-state index contributed by atoms with van der Waals surface area (Å²) in [6.07, 6.45) is -0.918. The zero-order chi connectivity index (χ0) is 21.1. The lowest BCUT2D eigenvalue weighted by atomic mass is 10.1. The Morgan fingerprint density at radius 3 is 2.17 bits per heavy atom. The predicted molar refractivity (Wildman–Crippen MR) is 113 cm³/mol. The van der Waals surface area contributed by atoms with E-state index in [0.29, 0.717) is 11.3 Å². The predicted octanol–water partition coefficient (Wildman–Crippen LogP) is 4.49. The molecule has 1 atom stereocenters. The third kappa shape index (κ3) is 4.90. The van der Waals surface area contributed by atoms with E-state index >= 15 is 0 Å². The van der Waals surface area contributed by atoms with Crippen LogP contribution in [0.5, 0.6) is 0 Å². The molecule has 0 aliphatic rings. The van der Waals surface area contributed by atoms with Crippen LogP contribution in [0.1, 0.15) is 39.8 Å². The van der Waals surface area contributed by atoms with E-state index in [4.69, 9.17) is 4.74 Å². The molecule has 0 aliphatic carbocycles. The summed E-state index contributed by atoms with van der Waals surface area (Å²) in [5, 5.41) is 2.79. The van der Waals surface area contributed by atoms with Crippen molar-refractivity contribution in [1.29, 1.82) is 0 Å². The number of nitrogens with zero attached hydrogens (tertiary/aromatic N) is 1. The molecule has 0 radical (unpaired) electrons. The van der Waals surface area contributed by atoms with E-state index in [1.165, 1.54) is 0 Å². The average molecular weight is 391 g/mol. The van der Waals surface area contributed by atoms with Crippen LogP contribution in [0, 0.1) is 27.7 Å². The van der Waals surface area contributed by atoms with Crippen LogP contribution in [0.15, 0.2) is 42.5 Å². The Labute approximate surface area is 170 Å². The molecular weight excluding hydrogens is 366 g/mol. The number of amides is 1. The fraction of sp³-hybridized carbons (Fsp3) is 0.261. The van der Waals surface area contributed by atoms with Crippen molar-refractivity contribution >= 4 is 17.6 Å². The minimum absolute atomic E-state index is 0.374. The van der Waals surface area contributed by atoms with Crippen molar-refractivity contribution in [3.63, 3.8) is 0 Å². The Hall–Kier alpha value is -3.41. The highest BCUT2D eigenvalue weighted by Crippen LogP contribution is 2.19. The number of carbonyl (C=O) groups excluding carboxylic acids is 2. The van der Waals surface area contributed by atoms with Gasteiger partial charge in [-0.05, 0) is 70.0 Å². The van der Waals surface area contributed by atoms with E-state index in [1.807, 2.05) is 45.9 Å². The van der Waals surface area contributed by atoms with Gasteiger partial charge in [-0.2, -0.15) is 0 Å². The Morgan fingerprint density at radius 2 is 1.62 bits per heavy atom. The molecule has 0 saturated heterocycles. The van der Waals surface area contributed by atoms with Crippen LogP contribution in [0.25, 0.3) is 11.4 Å². The molecule has 0 aliphatic heterocycles. The van der Waals surface area contributed by atoms with Gasteiger partial charge in [-0.1, -0.05) is 18.2 Å². The lowest BCUT2D eigenvalue weighted by Crippen LogP contribution is -2.30. The Bertz CT molecular complexity index is 1010. The first-order valence-corrected chi connectivity index (χ1v) is 9.46. The van der Waals surface area contributed by atoms with Gasteiger partial charge in [0.2, 0.25) is 0 Å². The van der Waals surface area contributed by atoms with Gasteiger partial charge in [0.05, 0.1) is 11.3 Å². The molecule has 3 rings (SSSR count). The van der Waals surface area contributed by atoms with E-state index < -0.39 is 12.1 Å². The number of nitrogens with one attached hydrogen (secondary N) is 2. The smallest absolute Gasteiger partial charge is 0.338 e. The fourth-order valence-electron chi connectivity index (χ4n) is 3.02. The maximum Gasteiger partial charge on any atom is 0.338 e. The van der Waals surface area contributed by atoms with Crippen LogP contribution < -0.4 is 5.32 Å². The second kappa shape index (κ2) is 8.31. The molecule has 2 aromatic carbocycles. The highest BCUT2D eigenvalue weighted by molar-refractivity contribution is 5.97. The molecule has 6 heteroatoms. The number of aromatic nitrogens is 2. The number of esters is 1. The first-order valence-electron chi connectivity index (χ1n) is 9.46. The standard InChI is InChI=1S/C23H25N3O3/c1-13-10-14(2)12-20(11-13)26-22(27)17(5)29-23(28)19-8-6-18(7-9-19)21-24-15(3)16(4)25-21/h6-12,17H,1-5H3,(H,24,25)(H,26,27). The van der Waals surface area contributed by atoms with Crippen molar-refractivity contribution in [3.05, 3.63) is 70.5 Å². The quantitative estimate of drug-likeness (QED) is 0.628. The van der Waals surface area contributed by atoms with E-state index in [-0.39, 0.29) is 5.91 Å². The molecule has 0 saturated carbocycles. The number of ether oxygens (including phenoxy) is 1. The van der Waals surface area contributed by atoms with Gasteiger partial charge >= 0.3 is 5.97 Å². The third-order valence-corrected chi connectivity index (χ3v) is 4.66. The normalized spacial score (nSPS) is 11.8. The first kappa shape index (κ1) is 20.3. The Morgan fingerprint density at radius 1 is 1.00 bits per heavy atom. The highest BCUT2D eigenvalue weighted by atomic mass is 16.5. The Kier molecular flexibility index (Phi) is 5.82. The van der Waals surface area contributed by atoms with E-state index in [0.717, 1.165) is 33.9 Å². The average Bonchev–Trinajstić information content (AvgIpc) is 2.99. The van der Waals surface area contributed by atoms with Crippen molar-refractivity contribution in [2.24, 2.45) is 0 Å². The summed E-state index contributed by atoms with van der Waals surface area (Å²) in [4.78, 5) is 32.4. The first-order chi connectivity index (χ1) is 13.7. The number of anilines is 1. The van der Waals surface area contributed by atoms with Gasteiger partial charge in [0.1, 0.15) is 5.82 Å². The van der Waals surface area contributed by atoms with Crippen LogP contribution in [-0.2, 0) is 9.53 Å². The highest BCUT2D eigenvalue weighted by Gasteiger charge is 2.19. The molecule has 150 valence electrons. The summed E-state index contributed by atoms with van der Waals surface area (Å²) in [7, 11) is 0. The number of imidazole rings is 1. The number of H-pyrrole nitrogens is 1. The molecule has 0 bridgehead atoms. The minimum atomic E-state index is -0.918. The van der Waals surface area contributed by atoms with Crippen molar-refractivity contribution in [1.82, 2.24) is 9.97 Å². The van der Waals surface area contributed by atoms with Crippen LogP contribution in [0.2, 0.25) is 0 Å². The van der Waals surface area contributed by atoms with Gasteiger partial charge < -0.3 is 15.0 Å². The maximum absolute atomic E-state index is 12.4. The lowest BCUT2D eigenvalue weighted by molar-refractivity contribution is -0.123. The van der Waals surface area contributed by atoms with Crippen LogP contribution in [0.3, 0.4) is 0 Å². The topological polar surface area (TPSA) is 84.1 Å². The molecule has 0 spiro atoms. The minimum Gasteiger partial charge on any atom is -0.449 e. The zero-order valence-corrected chi connectivity index (χ0v) is 17.3. The number of aryl methyl sites for hydroxylation is 4. The van der Waals surface area contributed by atoms with E-state index in [2.05, 4.69) is 15.3 Å². The fourth-order valence-corrected chi connectivity index (χ4v) is 3.02. The third-order valence-electron chi connectivity index (χ3n) is 4.66. The van der Waals surface area contributed by atoms with Crippen LogP contribution >= 0.6 is 0 Å². The van der Waals surface area contributed by atoms with Gasteiger partial charge in [0, 0.05) is 16.9 Å². The van der Waals surface area contributed by atoms with Crippen molar-refractivity contribution < 1.29 is 14.3 Å². The largest absolute Gasteiger partial charge is 0.449 e. The number of aromatic amines is 1. The molecule has 2 N–H and O–H groups in total. The molecule has 29 heavy (non-hydrogen) atoms. The van der Waals surface area contributed by atoms with Gasteiger partial charge in [-0.25, -0.2) is 9.78 Å². The second-order valence-corrected chi connectivity index (χ2v) is 7.29. The zero-order valence-electron chi connectivity index (χ0n) is 17.3. The molecule has 1 unspecified atom stereocenters. The van der Waals surface area contributed by atoms with Gasteiger partial charge in [0.25, 0.3) is 5.91 Å². The van der Waals surface area contributed by atoms with Crippen molar-refractivity contribution in [3.8, 4) is 11.4 Å². The Balaban J connectivity index is 1.63. The van der Waals surface area contributed by atoms with E-state index in [9.17, 15) is 9.59 Å². The molecule has 3 aromatic rings. The van der Waals surface area contributed by atoms with E-state index in [1.54, 1.807) is 31.2 Å². The number of hydrogen-bond donors (Lipinski definition) is 2. The summed E-state index contributed by atoms with van der Waals surface area (Å²) >= 11 is 0. The molecule has 1 aromatic heterocycles. The number of benzene rings is 2. The van der Waals surface area contributed by atoms with Gasteiger partial charge in [0.15, 0.2) is 6.10 Å². The summed E-state index contributed by atoms with van der Waals surface area (Å²) < 4.78 is 5.33. The molecule has 0 fully saturated rings. The molecular formula is C23H25N3O3. The summed E-state index contributed by atoms with van der Waals surface area (Å²) in [5.74, 6) is -0.172. The van der Waals surface area contributed by atoms with Crippen LogP contribution in [-0.4, -0.2) is 27.9 Å². The maximum atomic E-state index is 12.4. The number of carbonyl (C=O) groups is 2. The SMILES string of the molecule is Cc1cc(C)cc(NC(=O)C(C)OC(=O)c2ccc(-c3nc(C)c(C)[nH]3)cc2)c1. The van der Waals surface area contributed by atoms with Gasteiger partial charge in [-0.3, -0.25) is 4.79 Å². The molecule has 6 nitrogen and oxygen atoms in total. The monoisotopic (exact) mass is 391 g/mol. The lowest BCUT2D eigenvalue weighted by Gasteiger charge is -2.14.